The van der Waals surface area contributed by atoms with Gasteiger partial charge in [0.2, 0.25) is 5.78 Å². The van der Waals surface area contributed by atoms with Crippen LogP contribution in [0.3, 0.4) is 0 Å². The van der Waals surface area contributed by atoms with Gasteiger partial charge in [-0.15, -0.1) is 0 Å². The summed E-state index contributed by atoms with van der Waals surface area (Å²) in [6.07, 6.45) is 0. The molecule has 1 aliphatic rings. The molecule has 0 aromatic heterocycles. The lowest BCUT2D eigenvalue weighted by Gasteiger charge is -2.26. The van der Waals surface area contributed by atoms with Crippen molar-refractivity contribution < 1.29 is 14.3 Å². The van der Waals surface area contributed by atoms with Gasteiger partial charge < -0.3 is 9.64 Å². The van der Waals surface area contributed by atoms with Crippen molar-refractivity contribution in [1.29, 1.82) is 0 Å². The van der Waals surface area contributed by atoms with Gasteiger partial charge in [0.1, 0.15) is 0 Å². The molecule has 0 aliphatic carbocycles. The third kappa shape index (κ3) is 3.04. The number of ketones is 1. The highest BCUT2D eigenvalue weighted by Crippen LogP contribution is 2.09. The van der Waals surface area contributed by atoms with Gasteiger partial charge in [-0.25, -0.2) is 0 Å². The van der Waals surface area contributed by atoms with Crippen LogP contribution in [0.4, 0.5) is 0 Å². The molecule has 0 saturated carbocycles. The number of hydrogen-bond acceptors (Lipinski definition) is 3. The fourth-order valence-corrected chi connectivity index (χ4v) is 1.99. The van der Waals surface area contributed by atoms with E-state index >= 15 is 0 Å². The minimum absolute atomic E-state index is 0.436. The molecule has 1 aromatic carbocycles. The first kappa shape index (κ1) is 12.5. The number of Topliss-reactive ketones (excluding diaryl/α,β-unsaturated/α-hetero) is 1. The van der Waals surface area contributed by atoms with Crippen LogP contribution in [-0.4, -0.2) is 42.9 Å². The quantitative estimate of drug-likeness (QED) is 0.462. The Hall–Kier alpha value is -0.950. The molecule has 1 saturated heterocycles. The summed E-state index contributed by atoms with van der Waals surface area (Å²) in [4.78, 5) is 25.4. The van der Waals surface area contributed by atoms with Gasteiger partial charge in [-0.2, -0.15) is 0 Å². The lowest BCUT2D eigenvalue weighted by atomic mass is 10.1. The van der Waals surface area contributed by atoms with Gasteiger partial charge in [-0.05, 0) is 46.9 Å². The Morgan fingerprint density at radius 3 is 2.29 bits per heavy atom. The van der Waals surface area contributed by atoms with Gasteiger partial charge in [0, 0.05) is 22.2 Å². The zero-order valence-corrected chi connectivity index (χ0v) is 11.3. The summed E-state index contributed by atoms with van der Waals surface area (Å²) in [5, 5.41) is 0. The normalized spacial score (nSPS) is 15.7. The predicted octanol–water partition coefficient (Wildman–Crippen LogP) is 1.33. The molecule has 0 radical (unpaired) electrons. The van der Waals surface area contributed by atoms with E-state index in [1.807, 2.05) is 12.1 Å². The van der Waals surface area contributed by atoms with E-state index in [2.05, 4.69) is 22.6 Å². The lowest BCUT2D eigenvalue weighted by Crippen LogP contribution is -2.44. The number of carbonyl (C=O) groups is 2. The Bertz CT molecular complexity index is 424. The van der Waals surface area contributed by atoms with Crippen molar-refractivity contribution in [3.05, 3.63) is 33.4 Å². The molecule has 1 amide bonds. The van der Waals surface area contributed by atoms with E-state index in [1.165, 1.54) is 0 Å². The summed E-state index contributed by atoms with van der Waals surface area (Å²) in [5.41, 5.74) is 0.446. The average molecular weight is 345 g/mol. The second-order valence-electron chi connectivity index (χ2n) is 3.74. The highest BCUT2D eigenvalue weighted by atomic mass is 127. The summed E-state index contributed by atoms with van der Waals surface area (Å²) >= 11 is 2.16. The molecule has 1 aliphatic heterocycles. The highest BCUT2D eigenvalue weighted by Gasteiger charge is 2.24. The molecule has 0 unspecified atom stereocenters. The van der Waals surface area contributed by atoms with Gasteiger partial charge in [0.05, 0.1) is 13.2 Å². The summed E-state index contributed by atoms with van der Waals surface area (Å²) in [6.45, 7) is 2.00. The van der Waals surface area contributed by atoms with Crippen LogP contribution in [0, 0.1) is 3.57 Å². The maximum Gasteiger partial charge on any atom is 0.295 e. The van der Waals surface area contributed by atoms with Gasteiger partial charge in [-0.3, -0.25) is 9.59 Å². The fraction of sp³-hybridized carbons (Fsp3) is 0.333. The molecule has 4 nitrogen and oxygen atoms in total. The van der Waals surface area contributed by atoms with E-state index in [9.17, 15) is 9.59 Å². The Balaban J connectivity index is 2.08. The fourth-order valence-electron chi connectivity index (χ4n) is 1.63. The topological polar surface area (TPSA) is 46.6 Å². The highest BCUT2D eigenvalue weighted by molar-refractivity contribution is 14.1. The van der Waals surface area contributed by atoms with Crippen LogP contribution in [0.25, 0.3) is 0 Å². The minimum atomic E-state index is -0.441. The predicted molar refractivity (Wildman–Crippen MR) is 70.9 cm³/mol. The number of nitrogens with zero attached hydrogens (tertiary/aromatic N) is 1. The second kappa shape index (κ2) is 5.59. The van der Waals surface area contributed by atoms with Crippen LogP contribution < -0.4 is 0 Å². The Morgan fingerprint density at radius 2 is 1.71 bits per heavy atom. The van der Waals surface area contributed by atoms with E-state index in [-0.39, 0.29) is 0 Å². The van der Waals surface area contributed by atoms with Crippen molar-refractivity contribution in [3.63, 3.8) is 0 Å². The Morgan fingerprint density at radius 1 is 1.12 bits per heavy atom. The number of amides is 1. The van der Waals surface area contributed by atoms with Gasteiger partial charge in [-0.1, -0.05) is 0 Å². The summed E-state index contributed by atoms with van der Waals surface area (Å²) in [6, 6.07) is 7.01. The molecular formula is C12H12INO3. The summed E-state index contributed by atoms with van der Waals surface area (Å²) in [7, 11) is 0. The van der Waals surface area contributed by atoms with E-state index in [1.54, 1.807) is 17.0 Å². The average Bonchev–Trinajstić information content (AvgIpc) is 2.39. The number of morpholine rings is 1. The van der Waals surface area contributed by atoms with Crippen LogP contribution >= 0.6 is 22.6 Å². The maximum atomic E-state index is 11.9. The Labute approximate surface area is 113 Å². The zero-order chi connectivity index (χ0) is 12.3. The van der Waals surface area contributed by atoms with Crippen LogP contribution in [-0.2, 0) is 9.53 Å². The van der Waals surface area contributed by atoms with E-state index in [0.717, 1.165) is 3.57 Å². The van der Waals surface area contributed by atoms with Gasteiger partial charge >= 0.3 is 0 Å². The number of hydrogen-bond donors (Lipinski definition) is 0. The lowest BCUT2D eigenvalue weighted by molar-refractivity contribution is -0.130. The summed E-state index contributed by atoms with van der Waals surface area (Å²) < 4.78 is 6.18. The molecule has 90 valence electrons. The SMILES string of the molecule is O=C(C(=O)N1CCOCC1)c1ccc(I)cc1. The number of rotatable bonds is 2. The largest absolute Gasteiger partial charge is 0.378 e. The molecule has 1 aromatic rings. The number of halogens is 1. The molecule has 0 N–H and O–H groups in total. The third-order valence-electron chi connectivity index (χ3n) is 2.60. The Kier molecular flexibility index (Phi) is 4.11. The first-order valence-electron chi connectivity index (χ1n) is 5.35. The van der Waals surface area contributed by atoms with Crippen molar-refractivity contribution in [2.75, 3.05) is 26.3 Å². The molecule has 1 heterocycles. The summed E-state index contributed by atoms with van der Waals surface area (Å²) in [5.74, 6) is -0.877. The molecular weight excluding hydrogens is 333 g/mol. The van der Waals surface area contributed by atoms with E-state index < -0.39 is 11.7 Å². The monoisotopic (exact) mass is 345 g/mol. The molecule has 0 atom stereocenters. The zero-order valence-electron chi connectivity index (χ0n) is 9.19. The molecule has 2 rings (SSSR count). The van der Waals surface area contributed by atoms with Crippen molar-refractivity contribution in [2.24, 2.45) is 0 Å². The van der Waals surface area contributed by atoms with Gasteiger partial charge in [0.15, 0.2) is 0 Å². The molecule has 1 fully saturated rings. The first-order chi connectivity index (χ1) is 8.18. The maximum absolute atomic E-state index is 11.9. The third-order valence-corrected chi connectivity index (χ3v) is 3.32. The van der Waals surface area contributed by atoms with Crippen molar-refractivity contribution in [2.45, 2.75) is 0 Å². The number of carbonyl (C=O) groups excluding carboxylic acids is 2. The van der Waals surface area contributed by atoms with E-state index in [4.69, 9.17) is 4.74 Å². The molecule has 0 spiro atoms. The van der Waals surface area contributed by atoms with Crippen LogP contribution in [0.1, 0.15) is 10.4 Å². The van der Waals surface area contributed by atoms with E-state index in [0.29, 0.717) is 31.9 Å². The minimum Gasteiger partial charge on any atom is -0.378 e. The van der Waals surface area contributed by atoms with Crippen LogP contribution in [0.15, 0.2) is 24.3 Å². The number of benzene rings is 1. The molecule has 5 heteroatoms. The standard InChI is InChI=1S/C12H12INO3/c13-10-3-1-9(2-4-10)11(15)12(16)14-5-7-17-8-6-14/h1-4H,5-8H2. The van der Waals surface area contributed by atoms with Crippen molar-refractivity contribution in [1.82, 2.24) is 4.90 Å². The van der Waals surface area contributed by atoms with Crippen molar-refractivity contribution in [3.8, 4) is 0 Å². The first-order valence-corrected chi connectivity index (χ1v) is 6.43. The van der Waals surface area contributed by atoms with Crippen LogP contribution in [0.2, 0.25) is 0 Å². The van der Waals surface area contributed by atoms with Crippen molar-refractivity contribution >= 4 is 34.3 Å². The molecule has 0 bridgehead atoms. The van der Waals surface area contributed by atoms with Crippen LogP contribution in [0.5, 0.6) is 0 Å². The molecule has 17 heavy (non-hydrogen) atoms. The van der Waals surface area contributed by atoms with Gasteiger partial charge in [0.25, 0.3) is 5.91 Å². The number of ether oxygens (including phenoxy) is 1. The second-order valence-corrected chi connectivity index (χ2v) is 4.99. The smallest absolute Gasteiger partial charge is 0.295 e.